The second-order valence-electron chi connectivity index (χ2n) is 12.1. The lowest BCUT2D eigenvalue weighted by Gasteiger charge is -2.28. The van der Waals surface area contributed by atoms with Crippen molar-refractivity contribution in [2.45, 2.75) is 77.3 Å². The Hall–Kier alpha value is -3.11. The second kappa shape index (κ2) is 11.5. The zero-order valence-corrected chi connectivity index (χ0v) is 23.3. The molecule has 1 aliphatic heterocycles. The smallest absolute Gasteiger partial charge is 0.0853 e. The maximum absolute atomic E-state index is 5.13. The largest absolute Gasteiger partial charge is 0.303 e. The molecule has 0 radical (unpaired) electrons. The molecule has 1 aliphatic rings. The summed E-state index contributed by atoms with van der Waals surface area (Å²) in [7, 11) is 0. The fourth-order valence-corrected chi connectivity index (χ4v) is 4.96. The van der Waals surface area contributed by atoms with Gasteiger partial charge in [0.25, 0.3) is 0 Å². The number of aliphatic imine (C=N–C) groups is 2. The molecule has 0 spiro atoms. The van der Waals surface area contributed by atoms with Gasteiger partial charge in [0.15, 0.2) is 0 Å². The van der Waals surface area contributed by atoms with Crippen LogP contribution in [0, 0.1) is 0 Å². The summed E-state index contributed by atoms with van der Waals surface area (Å²) in [6.07, 6.45) is 5.77. The van der Waals surface area contributed by atoms with Crippen LogP contribution in [0.4, 0.5) is 0 Å². The van der Waals surface area contributed by atoms with Crippen molar-refractivity contribution in [3.8, 4) is 0 Å². The Bertz CT molecular complexity index is 1120. The lowest BCUT2D eigenvalue weighted by Crippen LogP contribution is -2.28. The molecule has 1 N–H and O–H groups in total. The van der Waals surface area contributed by atoms with Crippen LogP contribution in [0.1, 0.15) is 100 Å². The average molecular weight is 495 g/mol. The van der Waals surface area contributed by atoms with E-state index in [0.717, 1.165) is 37.3 Å². The first-order chi connectivity index (χ1) is 17.6. The number of pyridine rings is 1. The van der Waals surface area contributed by atoms with E-state index in [-0.39, 0.29) is 22.9 Å². The summed E-state index contributed by atoms with van der Waals surface area (Å²) in [6, 6.07) is 24.2. The average Bonchev–Trinajstić information content (AvgIpc) is 2.86. The molecule has 3 aromatic rings. The summed E-state index contributed by atoms with van der Waals surface area (Å²) in [5, 5.41) is 3.96. The van der Waals surface area contributed by atoms with Crippen LogP contribution < -0.4 is 5.32 Å². The Balaban J connectivity index is 1.76. The van der Waals surface area contributed by atoms with Crippen molar-refractivity contribution in [1.82, 2.24) is 10.3 Å². The highest BCUT2D eigenvalue weighted by atomic mass is 15.0. The molecule has 0 saturated heterocycles. The fourth-order valence-electron chi connectivity index (χ4n) is 4.96. The first-order valence-corrected chi connectivity index (χ1v) is 13.5. The number of hydrogen-bond acceptors (Lipinski definition) is 4. The van der Waals surface area contributed by atoms with Crippen LogP contribution >= 0.6 is 0 Å². The number of fused-ring (bicyclic) bond motifs is 2. The van der Waals surface area contributed by atoms with Crippen molar-refractivity contribution < 1.29 is 0 Å². The Kier molecular flexibility index (Phi) is 8.39. The minimum absolute atomic E-state index is 0.0352. The molecule has 2 bridgehead atoms. The van der Waals surface area contributed by atoms with Crippen LogP contribution in [0.25, 0.3) is 0 Å². The van der Waals surface area contributed by atoms with Crippen molar-refractivity contribution in [3.63, 3.8) is 0 Å². The molecule has 0 unspecified atom stereocenters. The van der Waals surface area contributed by atoms with E-state index in [0.29, 0.717) is 0 Å². The van der Waals surface area contributed by atoms with Gasteiger partial charge in [-0.2, -0.15) is 0 Å². The highest BCUT2D eigenvalue weighted by molar-refractivity contribution is 5.85. The van der Waals surface area contributed by atoms with Crippen LogP contribution in [0.3, 0.4) is 0 Å². The predicted octanol–water partition coefficient (Wildman–Crippen LogP) is 7.38. The van der Waals surface area contributed by atoms with Gasteiger partial charge in [0.2, 0.25) is 0 Å². The summed E-state index contributed by atoms with van der Waals surface area (Å²) in [5.41, 5.74) is 6.87. The molecule has 0 fully saturated rings. The molecule has 2 heterocycles. The number of aromatic nitrogens is 1. The first kappa shape index (κ1) is 26.9. The third-order valence-electron chi connectivity index (χ3n) is 7.02. The van der Waals surface area contributed by atoms with Crippen LogP contribution in [-0.2, 0) is 10.8 Å². The van der Waals surface area contributed by atoms with Gasteiger partial charge in [-0.05, 0) is 45.9 Å². The SMILES string of the molecule is CC(C)(C)c1cc(C(C)(C)C)c2nc1C=NCC[C@@H](c1ccccc1)N[C@H](c1ccccc1)CCN=C2. The molecule has 0 amide bonds. The monoisotopic (exact) mass is 494 g/mol. The zero-order valence-electron chi connectivity index (χ0n) is 23.3. The lowest BCUT2D eigenvalue weighted by atomic mass is 9.79. The highest BCUT2D eigenvalue weighted by Gasteiger charge is 2.26. The number of benzene rings is 2. The van der Waals surface area contributed by atoms with Crippen molar-refractivity contribution in [2.24, 2.45) is 9.98 Å². The summed E-state index contributed by atoms with van der Waals surface area (Å²) < 4.78 is 0. The third kappa shape index (κ3) is 7.01. The quantitative estimate of drug-likeness (QED) is 0.404. The molecular weight excluding hydrogens is 452 g/mol. The van der Waals surface area contributed by atoms with E-state index >= 15 is 0 Å². The summed E-state index contributed by atoms with van der Waals surface area (Å²) in [6.45, 7) is 14.9. The van der Waals surface area contributed by atoms with Gasteiger partial charge in [-0.15, -0.1) is 0 Å². The summed E-state index contributed by atoms with van der Waals surface area (Å²) in [4.78, 5) is 14.9. The molecule has 0 saturated carbocycles. The van der Waals surface area contributed by atoms with E-state index in [4.69, 9.17) is 15.0 Å². The topological polar surface area (TPSA) is 49.6 Å². The van der Waals surface area contributed by atoms with E-state index in [1.54, 1.807) is 0 Å². The molecule has 4 rings (SSSR count). The Labute approximate surface area is 223 Å². The second-order valence-corrected chi connectivity index (χ2v) is 12.1. The molecular formula is C33H42N4. The molecule has 2 aromatic carbocycles. The molecule has 0 aliphatic carbocycles. The van der Waals surface area contributed by atoms with E-state index in [1.165, 1.54) is 22.3 Å². The van der Waals surface area contributed by atoms with Crippen LogP contribution in [-0.4, -0.2) is 30.5 Å². The van der Waals surface area contributed by atoms with Crippen LogP contribution in [0.5, 0.6) is 0 Å². The molecule has 1 aromatic heterocycles. The number of hydrogen-bond donors (Lipinski definition) is 1. The molecule has 37 heavy (non-hydrogen) atoms. The van der Waals surface area contributed by atoms with E-state index in [1.807, 2.05) is 12.4 Å². The maximum Gasteiger partial charge on any atom is 0.0853 e. The Morgan fingerprint density at radius 2 is 1.03 bits per heavy atom. The number of rotatable bonds is 2. The van der Waals surface area contributed by atoms with Gasteiger partial charge >= 0.3 is 0 Å². The standard InChI is InChI=1S/C33H42N4/c1-32(2,3)26-21-27(33(4,5)6)31-23-35-20-18-29(25-15-11-8-12-16-25)36-28(24-13-9-7-10-14-24)17-19-34-22-30(26)37-31/h7-16,21-23,28-29,36H,17-20H2,1-6H3/t28-,29-/m0/s1. The van der Waals surface area contributed by atoms with Gasteiger partial charge in [0.1, 0.15) is 0 Å². The third-order valence-corrected chi connectivity index (χ3v) is 7.02. The zero-order chi connectivity index (χ0) is 26.5. The minimum atomic E-state index is -0.0352. The number of nitrogens with one attached hydrogen (secondary N) is 1. The number of nitrogens with zero attached hydrogens (tertiary/aromatic N) is 3. The van der Waals surface area contributed by atoms with Crippen molar-refractivity contribution in [1.29, 1.82) is 0 Å². The fraction of sp³-hybridized carbons (Fsp3) is 0.424. The normalized spacial score (nSPS) is 19.4. The molecule has 194 valence electrons. The molecule has 4 nitrogen and oxygen atoms in total. The van der Waals surface area contributed by atoms with Crippen molar-refractivity contribution in [3.05, 3.63) is 100 Å². The molecule has 2 atom stereocenters. The Morgan fingerprint density at radius 3 is 1.41 bits per heavy atom. The summed E-state index contributed by atoms with van der Waals surface area (Å²) >= 11 is 0. The maximum atomic E-state index is 5.13. The van der Waals surface area contributed by atoms with Crippen molar-refractivity contribution in [2.75, 3.05) is 13.1 Å². The van der Waals surface area contributed by atoms with Gasteiger partial charge in [0, 0.05) is 37.6 Å². The van der Waals surface area contributed by atoms with Gasteiger partial charge < -0.3 is 5.32 Å². The van der Waals surface area contributed by atoms with Gasteiger partial charge in [-0.1, -0.05) is 108 Å². The lowest BCUT2D eigenvalue weighted by molar-refractivity contribution is 0.413. The van der Waals surface area contributed by atoms with Gasteiger partial charge in [-0.3, -0.25) is 9.98 Å². The minimum Gasteiger partial charge on any atom is -0.303 e. The summed E-state index contributed by atoms with van der Waals surface area (Å²) in [5.74, 6) is 0. The predicted molar refractivity (Wildman–Crippen MR) is 157 cm³/mol. The highest BCUT2D eigenvalue weighted by Crippen LogP contribution is 2.32. The van der Waals surface area contributed by atoms with E-state index in [2.05, 4.69) is 114 Å². The van der Waals surface area contributed by atoms with Gasteiger partial charge in [0.05, 0.1) is 11.4 Å². The Morgan fingerprint density at radius 1 is 0.622 bits per heavy atom. The van der Waals surface area contributed by atoms with Crippen LogP contribution in [0.15, 0.2) is 76.7 Å². The van der Waals surface area contributed by atoms with E-state index < -0.39 is 0 Å². The molecule has 4 heteroatoms. The van der Waals surface area contributed by atoms with E-state index in [9.17, 15) is 0 Å². The van der Waals surface area contributed by atoms with Crippen LogP contribution in [0.2, 0.25) is 0 Å². The van der Waals surface area contributed by atoms with Gasteiger partial charge in [-0.25, -0.2) is 4.98 Å². The van der Waals surface area contributed by atoms with Crippen molar-refractivity contribution >= 4 is 12.4 Å². The first-order valence-electron chi connectivity index (χ1n) is 13.5.